The minimum atomic E-state index is 0.601. The minimum Gasteiger partial charge on any atom is -0.144 e. The Kier molecular flexibility index (Phi) is 3.30. The second-order valence-corrected chi connectivity index (χ2v) is 7.06. The van der Waals surface area contributed by atoms with Crippen LogP contribution in [0.15, 0.2) is 60.0 Å². The number of hydrogen-bond donors (Lipinski definition) is 0. The summed E-state index contributed by atoms with van der Waals surface area (Å²) in [5.41, 5.74) is 2.10. The number of rotatable bonds is 3. The van der Waals surface area contributed by atoms with Gasteiger partial charge in [-0.3, -0.25) is 0 Å². The quantitative estimate of drug-likeness (QED) is 0.629. The van der Waals surface area contributed by atoms with Crippen molar-refractivity contribution in [1.82, 2.24) is 0 Å². The van der Waals surface area contributed by atoms with Crippen LogP contribution in [0.4, 0.5) is 0 Å². The minimum absolute atomic E-state index is 0.601. The predicted molar refractivity (Wildman–Crippen MR) is 82.1 cm³/mol. The molecule has 0 aliphatic rings. The van der Waals surface area contributed by atoms with E-state index in [0.29, 0.717) is 5.54 Å². The molecule has 1 heterocycles. The largest absolute Gasteiger partial charge is 0.144 e. The van der Waals surface area contributed by atoms with Crippen LogP contribution in [-0.2, 0) is 0 Å². The lowest BCUT2D eigenvalue weighted by molar-refractivity contribution is 1.10. The van der Waals surface area contributed by atoms with Crippen molar-refractivity contribution in [3.05, 3.63) is 65.5 Å². The summed E-state index contributed by atoms with van der Waals surface area (Å²) in [6.45, 7) is 2.33. The zero-order valence-electron chi connectivity index (χ0n) is 10.3. The van der Waals surface area contributed by atoms with Gasteiger partial charge in [-0.2, -0.15) is 0 Å². The Morgan fingerprint density at radius 1 is 0.944 bits per heavy atom. The van der Waals surface area contributed by atoms with Gasteiger partial charge >= 0.3 is 0 Å². The number of hydrogen-bond acceptors (Lipinski definition) is 1. The van der Waals surface area contributed by atoms with Crippen molar-refractivity contribution in [3.63, 3.8) is 0 Å². The van der Waals surface area contributed by atoms with E-state index < -0.39 is 0 Å². The number of benzene rings is 2. The van der Waals surface area contributed by atoms with Crippen molar-refractivity contribution < 1.29 is 0 Å². The summed E-state index contributed by atoms with van der Waals surface area (Å²) < 4.78 is 1.40. The molecule has 0 amide bonds. The third kappa shape index (κ3) is 2.26. The summed E-state index contributed by atoms with van der Waals surface area (Å²) in [5.74, 6) is 0. The maximum Gasteiger partial charge on any atom is 0.0888 e. The van der Waals surface area contributed by atoms with Gasteiger partial charge in [0.25, 0.3) is 0 Å². The molecule has 3 aromatic rings. The first kappa shape index (κ1) is 11.7. The molecule has 0 spiro atoms. The van der Waals surface area contributed by atoms with Gasteiger partial charge in [0, 0.05) is 4.70 Å². The molecule has 1 atom stereocenters. The average Bonchev–Trinajstić information content (AvgIpc) is 2.84. The van der Waals surface area contributed by atoms with E-state index in [0.717, 1.165) is 9.52 Å². The van der Waals surface area contributed by atoms with Crippen LogP contribution in [-0.4, -0.2) is 9.52 Å². The smallest absolute Gasteiger partial charge is 0.0888 e. The van der Waals surface area contributed by atoms with Crippen LogP contribution >= 0.6 is 11.3 Å². The molecule has 1 aromatic heterocycles. The molecule has 0 bridgehead atoms. The van der Waals surface area contributed by atoms with Crippen molar-refractivity contribution in [3.8, 4) is 0 Å². The van der Waals surface area contributed by atoms with Crippen LogP contribution in [0.25, 0.3) is 10.1 Å². The Balaban J connectivity index is 1.90. The summed E-state index contributed by atoms with van der Waals surface area (Å²) in [6.07, 6.45) is 0. The maximum absolute atomic E-state index is 2.33. The lowest BCUT2D eigenvalue weighted by atomic mass is 10.1. The van der Waals surface area contributed by atoms with E-state index in [1.165, 1.54) is 20.8 Å². The Hall–Kier alpha value is -1.38. The van der Waals surface area contributed by atoms with E-state index >= 15 is 0 Å². The Bertz CT molecular complexity index is 642. The standard InChI is InChI=1S/C16H14SSi/c1-12(18-13-7-3-2-4-8-13)15-11-17-16-10-6-5-9-14(15)16/h2-12H,1H3. The summed E-state index contributed by atoms with van der Waals surface area (Å²) in [6, 6.07) is 19.5. The summed E-state index contributed by atoms with van der Waals surface area (Å²) >= 11 is 1.86. The van der Waals surface area contributed by atoms with E-state index in [9.17, 15) is 0 Å². The average molecular weight is 266 g/mol. The third-order valence-electron chi connectivity index (χ3n) is 3.13. The molecule has 3 rings (SSSR count). The molecule has 0 saturated heterocycles. The van der Waals surface area contributed by atoms with Crippen LogP contribution in [0.3, 0.4) is 0 Å². The van der Waals surface area contributed by atoms with Crippen LogP contribution in [0.5, 0.6) is 0 Å². The second kappa shape index (κ2) is 5.08. The topological polar surface area (TPSA) is 0 Å². The van der Waals surface area contributed by atoms with E-state index in [4.69, 9.17) is 0 Å². The van der Waals surface area contributed by atoms with Gasteiger partial charge in [0.15, 0.2) is 0 Å². The van der Waals surface area contributed by atoms with Gasteiger partial charge in [0.1, 0.15) is 0 Å². The Morgan fingerprint density at radius 2 is 1.67 bits per heavy atom. The van der Waals surface area contributed by atoms with Gasteiger partial charge in [-0.1, -0.05) is 60.6 Å². The number of thiophene rings is 1. The fourth-order valence-electron chi connectivity index (χ4n) is 2.20. The van der Waals surface area contributed by atoms with Crippen molar-refractivity contribution in [1.29, 1.82) is 0 Å². The second-order valence-electron chi connectivity index (χ2n) is 4.42. The lowest BCUT2D eigenvalue weighted by Gasteiger charge is -2.09. The van der Waals surface area contributed by atoms with Gasteiger partial charge in [0.05, 0.1) is 9.52 Å². The van der Waals surface area contributed by atoms with Crippen LogP contribution in [0.2, 0.25) is 0 Å². The normalized spacial score (nSPS) is 12.7. The molecule has 2 heteroatoms. The third-order valence-corrected chi connectivity index (χ3v) is 5.53. The molecule has 0 saturated carbocycles. The molecular weight excluding hydrogens is 252 g/mol. The summed E-state index contributed by atoms with van der Waals surface area (Å²) in [5, 5.41) is 5.20. The van der Waals surface area contributed by atoms with Gasteiger partial charge in [-0.15, -0.1) is 11.3 Å². The highest BCUT2D eigenvalue weighted by Gasteiger charge is 2.12. The van der Waals surface area contributed by atoms with Gasteiger partial charge in [-0.25, -0.2) is 0 Å². The molecule has 0 N–H and O–H groups in total. The Labute approximate surface area is 114 Å². The Morgan fingerprint density at radius 3 is 2.50 bits per heavy atom. The molecule has 88 valence electrons. The lowest BCUT2D eigenvalue weighted by Crippen LogP contribution is -2.19. The molecule has 2 radical (unpaired) electrons. The summed E-state index contributed by atoms with van der Waals surface area (Å²) in [7, 11) is 0.843. The van der Waals surface area contributed by atoms with E-state index in [2.05, 4.69) is 66.9 Å². The first-order valence-electron chi connectivity index (χ1n) is 6.12. The molecule has 0 aliphatic carbocycles. The fraction of sp³-hybridized carbons (Fsp3) is 0.125. The van der Waals surface area contributed by atoms with Crippen molar-refractivity contribution >= 4 is 36.1 Å². The van der Waals surface area contributed by atoms with E-state index in [1.807, 2.05) is 11.3 Å². The molecule has 18 heavy (non-hydrogen) atoms. The van der Waals surface area contributed by atoms with E-state index in [-0.39, 0.29) is 0 Å². The number of fused-ring (bicyclic) bond motifs is 1. The van der Waals surface area contributed by atoms with Crippen molar-refractivity contribution in [2.75, 3.05) is 0 Å². The van der Waals surface area contributed by atoms with Gasteiger partial charge < -0.3 is 0 Å². The highest BCUT2D eigenvalue weighted by atomic mass is 32.1. The fourth-order valence-corrected chi connectivity index (χ4v) is 4.65. The first-order chi connectivity index (χ1) is 8.84. The van der Waals surface area contributed by atoms with Crippen LogP contribution < -0.4 is 5.19 Å². The highest BCUT2D eigenvalue weighted by Crippen LogP contribution is 2.30. The summed E-state index contributed by atoms with van der Waals surface area (Å²) in [4.78, 5) is 0. The first-order valence-corrected chi connectivity index (χ1v) is 8.08. The zero-order valence-corrected chi connectivity index (χ0v) is 12.1. The monoisotopic (exact) mass is 266 g/mol. The maximum atomic E-state index is 2.33. The molecular formula is C16H14SSi. The van der Waals surface area contributed by atoms with Crippen molar-refractivity contribution in [2.45, 2.75) is 12.5 Å². The zero-order chi connectivity index (χ0) is 12.4. The molecule has 2 aromatic carbocycles. The van der Waals surface area contributed by atoms with Crippen molar-refractivity contribution in [2.24, 2.45) is 0 Å². The molecule has 0 aliphatic heterocycles. The molecule has 0 fully saturated rings. The predicted octanol–water partition coefficient (Wildman–Crippen LogP) is 3.99. The van der Waals surface area contributed by atoms with Crippen LogP contribution in [0.1, 0.15) is 18.0 Å². The van der Waals surface area contributed by atoms with E-state index in [1.54, 1.807) is 0 Å². The SMILES string of the molecule is CC([Si]c1ccccc1)c1csc2ccccc12. The van der Waals surface area contributed by atoms with Gasteiger partial charge in [-0.05, 0) is 27.9 Å². The highest BCUT2D eigenvalue weighted by molar-refractivity contribution is 7.17. The molecule has 1 unspecified atom stereocenters. The van der Waals surface area contributed by atoms with Crippen LogP contribution in [0, 0.1) is 0 Å². The van der Waals surface area contributed by atoms with Gasteiger partial charge in [0.2, 0.25) is 0 Å². The molecule has 0 nitrogen and oxygen atoms in total.